The molecular weight excluding hydrogens is 266 g/mol. The summed E-state index contributed by atoms with van der Waals surface area (Å²) in [6.45, 7) is 3.53. The van der Waals surface area contributed by atoms with E-state index in [0.29, 0.717) is 19.4 Å². The Labute approximate surface area is 126 Å². The summed E-state index contributed by atoms with van der Waals surface area (Å²) in [5.41, 5.74) is 0.451. The van der Waals surface area contributed by atoms with Gasteiger partial charge in [-0.15, -0.1) is 0 Å². The van der Waals surface area contributed by atoms with Crippen molar-refractivity contribution in [1.82, 2.24) is 5.32 Å². The molecule has 0 amide bonds. The second-order valence-electron chi connectivity index (χ2n) is 5.61. The van der Waals surface area contributed by atoms with Crippen molar-refractivity contribution in [2.75, 3.05) is 20.3 Å². The number of esters is 1. The summed E-state index contributed by atoms with van der Waals surface area (Å²) in [5.74, 6) is -0.202. The van der Waals surface area contributed by atoms with E-state index in [2.05, 4.69) is 5.32 Å². The zero-order chi connectivity index (χ0) is 15.1. The van der Waals surface area contributed by atoms with Crippen LogP contribution in [-0.2, 0) is 20.7 Å². The Hall–Kier alpha value is -1.39. The Morgan fingerprint density at radius 1 is 1.43 bits per heavy atom. The highest BCUT2D eigenvalue weighted by molar-refractivity contribution is 5.81. The van der Waals surface area contributed by atoms with Gasteiger partial charge in [-0.2, -0.15) is 0 Å². The molecule has 116 valence electrons. The molecule has 4 nitrogen and oxygen atoms in total. The molecule has 1 saturated heterocycles. The van der Waals surface area contributed by atoms with Crippen LogP contribution in [0.5, 0.6) is 0 Å². The molecular formula is C17H25NO3. The number of rotatable bonds is 7. The van der Waals surface area contributed by atoms with Crippen LogP contribution in [0.25, 0.3) is 0 Å². The van der Waals surface area contributed by atoms with Gasteiger partial charge in [0.2, 0.25) is 0 Å². The van der Waals surface area contributed by atoms with Crippen molar-refractivity contribution in [1.29, 1.82) is 0 Å². The molecule has 1 heterocycles. The Morgan fingerprint density at radius 3 is 2.76 bits per heavy atom. The summed E-state index contributed by atoms with van der Waals surface area (Å²) in [5, 5.41) is 3.42. The standard InChI is InChI=1S/C17H25NO3/c1-3-17(16(19)20-2,12-14-8-5-4-6-9-14)18-13-15-10-7-11-21-15/h4-6,8-9,15,18H,3,7,10-13H2,1-2H3. The van der Waals surface area contributed by atoms with Crippen molar-refractivity contribution in [2.24, 2.45) is 0 Å². The fourth-order valence-electron chi connectivity index (χ4n) is 2.86. The molecule has 0 spiro atoms. The monoisotopic (exact) mass is 291 g/mol. The van der Waals surface area contributed by atoms with Gasteiger partial charge >= 0.3 is 5.97 Å². The van der Waals surface area contributed by atoms with E-state index in [-0.39, 0.29) is 12.1 Å². The van der Waals surface area contributed by atoms with Crippen molar-refractivity contribution >= 4 is 5.97 Å². The lowest BCUT2D eigenvalue weighted by Crippen LogP contribution is -2.55. The van der Waals surface area contributed by atoms with Crippen molar-refractivity contribution in [3.8, 4) is 0 Å². The maximum atomic E-state index is 12.3. The highest BCUT2D eigenvalue weighted by Crippen LogP contribution is 2.21. The lowest BCUT2D eigenvalue weighted by molar-refractivity contribution is -0.149. The van der Waals surface area contributed by atoms with Gasteiger partial charge in [-0.3, -0.25) is 10.1 Å². The molecule has 2 unspecified atom stereocenters. The quantitative estimate of drug-likeness (QED) is 0.783. The van der Waals surface area contributed by atoms with E-state index in [4.69, 9.17) is 9.47 Å². The molecule has 21 heavy (non-hydrogen) atoms. The maximum Gasteiger partial charge on any atom is 0.326 e. The second-order valence-corrected chi connectivity index (χ2v) is 5.61. The van der Waals surface area contributed by atoms with Crippen LogP contribution in [0.2, 0.25) is 0 Å². The van der Waals surface area contributed by atoms with E-state index >= 15 is 0 Å². The fourth-order valence-corrected chi connectivity index (χ4v) is 2.86. The van der Waals surface area contributed by atoms with E-state index in [1.54, 1.807) is 0 Å². The highest BCUT2D eigenvalue weighted by Gasteiger charge is 2.38. The second kappa shape index (κ2) is 7.57. The summed E-state index contributed by atoms with van der Waals surface area (Å²) in [6.07, 6.45) is 3.67. The van der Waals surface area contributed by atoms with Crippen LogP contribution in [0.3, 0.4) is 0 Å². The molecule has 1 N–H and O–H groups in total. The van der Waals surface area contributed by atoms with Gasteiger partial charge in [-0.05, 0) is 24.8 Å². The number of methoxy groups -OCH3 is 1. The molecule has 2 atom stereocenters. The lowest BCUT2D eigenvalue weighted by atomic mass is 9.87. The van der Waals surface area contributed by atoms with E-state index in [0.717, 1.165) is 25.0 Å². The summed E-state index contributed by atoms with van der Waals surface area (Å²) >= 11 is 0. The van der Waals surface area contributed by atoms with Gasteiger partial charge in [0.15, 0.2) is 0 Å². The number of hydrogen-bond donors (Lipinski definition) is 1. The molecule has 0 saturated carbocycles. The van der Waals surface area contributed by atoms with Crippen molar-refractivity contribution in [2.45, 2.75) is 44.2 Å². The number of nitrogens with one attached hydrogen (secondary N) is 1. The minimum atomic E-state index is -0.679. The smallest absolute Gasteiger partial charge is 0.326 e. The van der Waals surface area contributed by atoms with Gasteiger partial charge in [0.25, 0.3) is 0 Å². The first-order valence-corrected chi connectivity index (χ1v) is 7.69. The van der Waals surface area contributed by atoms with Gasteiger partial charge < -0.3 is 9.47 Å². The highest BCUT2D eigenvalue weighted by atomic mass is 16.5. The van der Waals surface area contributed by atoms with Crippen LogP contribution in [0, 0.1) is 0 Å². The number of hydrogen-bond acceptors (Lipinski definition) is 4. The molecule has 0 bridgehead atoms. The van der Waals surface area contributed by atoms with Gasteiger partial charge in [-0.1, -0.05) is 37.3 Å². The van der Waals surface area contributed by atoms with Crippen LogP contribution >= 0.6 is 0 Å². The molecule has 1 aromatic rings. The van der Waals surface area contributed by atoms with E-state index in [1.807, 2.05) is 37.3 Å². The average molecular weight is 291 g/mol. The normalized spacial score (nSPS) is 21.0. The Morgan fingerprint density at radius 2 is 2.19 bits per heavy atom. The molecule has 1 aliphatic heterocycles. The number of carbonyl (C=O) groups excluding carboxylic acids is 1. The zero-order valence-corrected chi connectivity index (χ0v) is 12.9. The van der Waals surface area contributed by atoms with Crippen LogP contribution in [0.15, 0.2) is 30.3 Å². The van der Waals surface area contributed by atoms with Crippen LogP contribution in [0.4, 0.5) is 0 Å². The summed E-state index contributed by atoms with van der Waals surface area (Å²) in [7, 11) is 1.45. The van der Waals surface area contributed by atoms with E-state index < -0.39 is 5.54 Å². The molecule has 2 rings (SSSR count). The van der Waals surface area contributed by atoms with E-state index in [1.165, 1.54) is 7.11 Å². The minimum Gasteiger partial charge on any atom is -0.468 e. The number of carbonyl (C=O) groups is 1. The SMILES string of the molecule is CCC(Cc1ccccc1)(NCC1CCCO1)C(=O)OC. The lowest BCUT2D eigenvalue weighted by Gasteiger charge is -2.32. The third-order valence-electron chi connectivity index (χ3n) is 4.22. The van der Waals surface area contributed by atoms with Gasteiger partial charge in [0, 0.05) is 19.6 Å². The van der Waals surface area contributed by atoms with E-state index in [9.17, 15) is 4.79 Å². The molecule has 0 radical (unpaired) electrons. The first-order chi connectivity index (χ1) is 10.2. The Kier molecular flexibility index (Phi) is 5.76. The van der Waals surface area contributed by atoms with Crippen LogP contribution in [-0.4, -0.2) is 37.9 Å². The molecule has 0 aliphatic carbocycles. The van der Waals surface area contributed by atoms with Gasteiger partial charge in [0.05, 0.1) is 13.2 Å². The predicted octanol–water partition coefficient (Wildman–Crippen LogP) is 2.32. The Balaban J connectivity index is 2.10. The first kappa shape index (κ1) is 16.0. The van der Waals surface area contributed by atoms with Crippen molar-refractivity contribution in [3.05, 3.63) is 35.9 Å². The summed E-state index contributed by atoms with van der Waals surface area (Å²) in [4.78, 5) is 12.3. The maximum absolute atomic E-state index is 12.3. The van der Waals surface area contributed by atoms with Crippen LogP contribution < -0.4 is 5.32 Å². The average Bonchev–Trinajstić information content (AvgIpc) is 3.05. The summed E-state index contributed by atoms with van der Waals surface area (Å²) in [6, 6.07) is 10.1. The third-order valence-corrected chi connectivity index (χ3v) is 4.22. The van der Waals surface area contributed by atoms with Crippen molar-refractivity contribution in [3.63, 3.8) is 0 Å². The summed E-state index contributed by atoms with van der Waals surface area (Å²) < 4.78 is 10.7. The molecule has 4 heteroatoms. The fraction of sp³-hybridized carbons (Fsp3) is 0.588. The van der Waals surface area contributed by atoms with Crippen molar-refractivity contribution < 1.29 is 14.3 Å². The van der Waals surface area contributed by atoms with Crippen LogP contribution in [0.1, 0.15) is 31.7 Å². The Bertz CT molecular complexity index is 443. The number of ether oxygens (including phenoxy) is 2. The largest absolute Gasteiger partial charge is 0.468 e. The van der Waals surface area contributed by atoms with Gasteiger partial charge in [0.1, 0.15) is 5.54 Å². The molecule has 1 aliphatic rings. The third kappa shape index (κ3) is 4.05. The molecule has 1 aromatic carbocycles. The number of benzene rings is 1. The topological polar surface area (TPSA) is 47.6 Å². The zero-order valence-electron chi connectivity index (χ0n) is 12.9. The first-order valence-electron chi connectivity index (χ1n) is 7.69. The molecule has 1 fully saturated rings. The predicted molar refractivity (Wildman–Crippen MR) is 82.2 cm³/mol. The van der Waals surface area contributed by atoms with Gasteiger partial charge in [-0.25, -0.2) is 0 Å². The molecule has 0 aromatic heterocycles. The minimum absolute atomic E-state index is 0.202.